The molecule has 0 radical (unpaired) electrons. The highest BCUT2D eigenvalue weighted by atomic mass is 32.2. The molecule has 3 aromatic rings. The zero-order valence-electron chi connectivity index (χ0n) is 15.3. The van der Waals surface area contributed by atoms with Crippen molar-refractivity contribution in [1.82, 2.24) is 20.1 Å². The number of thioether (sulfide) groups is 1. The van der Waals surface area contributed by atoms with E-state index in [0.29, 0.717) is 0 Å². The standard InChI is InChI=1S/C19H21FN4OS2/c1-4-24-17(16-6-5-11-26-16)22-23-19(24)27-13(3)18(25)21-12(2)14-7-9-15(20)10-8-14/h5-13H,4H2,1-3H3,(H,21,25)/t12-,13-/m0/s1. The van der Waals surface area contributed by atoms with Crippen LogP contribution in [0.3, 0.4) is 0 Å². The zero-order chi connectivity index (χ0) is 19.4. The molecule has 0 spiro atoms. The summed E-state index contributed by atoms with van der Waals surface area (Å²) in [6.07, 6.45) is 0. The van der Waals surface area contributed by atoms with Gasteiger partial charge in [-0.15, -0.1) is 21.5 Å². The van der Waals surface area contributed by atoms with Crippen LogP contribution in [-0.2, 0) is 11.3 Å². The summed E-state index contributed by atoms with van der Waals surface area (Å²) in [7, 11) is 0. The summed E-state index contributed by atoms with van der Waals surface area (Å²) in [5, 5.41) is 13.9. The first-order valence-corrected chi connectivity index (χ1v) is 10.4. The van der Waals surface area contributed by atoms with Crippen LogP contribution in [0, 0.1) is 5.82 Å². The van der Waals surface area contributed by atoms with E-state index in [4.69, 9.17) is 0 Å². The van der Waals surface area contributed by atoms with Gasteiger partial charge in [-0.3, -0.25) is 4.79 Å². The van der Waals surface area contributed by atoms with Crippen LogP contribution in [0.25, 0.3) is 10.7 Å². The summed E-state index contributed by atoms with van der Waals surface area (Å²) in [6, 6.07) is 9.94. The molecule has 2 atom stereocenters. The van der Waals surface area contributed by atoms with Crippen molar-refractivity contribution in [3.05, 3.63) is 53.2 Å². The third-order valence-corrected chi connectivity index (χ3v) is 6.10. The van der Waals surface area contributed by atoms with Crippen molar-refractivity contribution >= 4 is 29.0 Å². The molecule has 2 heterocycles. The van der Waals surface area contributed by atoms with Gasteiger partial charge in [0.1, 0.15) is 5.82 Å². The predicted molar refractivity (Wildman–Crippen MR) is 107 cm³/mol. The SMILES string of the molecule is CCn1c(S[C@@H](C)C(=O)N[C@@H](C)c2ccc(F)cc2)nnc1-c1cccs1. The van der Waals surface area contributed by atoms with Crippen LogP contribution >= 0.6 is 23.1 Å². The third kappa shape index (κ3) is 4.56. The number of thiophene rings is 1. The Bertz CT molecular complexity index is 893. The zero-order valence-corrected chi connectivity index (χ0v) is 17.0. The molecule has 0 fully saturated rings. The summed E-state index contributed by atoms with van der Waals surface area (Å²) >= 11 is 3.00. The topological polar surface area (TPSA) is 59.8 Å². The second kappa shape index (κ2) is 8.67. The molecule has 0 aliphatic rings. The molecule has 0 aliphatic carbocycles. The molecule has 8 heteroatoms. The summed E-state index contributed by atoms with van der Waals surface area (Å²) in [4.78, 5) is 13.6. The van der Waals surface area contributed by atoms with Crippen LogP contribution in [0.1, 0.15) is 32.4 Å². The minimum atomic E-state index is -0.335. The number of halogens is 1. The van der Waals surface area contributed by atoms with E-state index >= 15 is 0 Å². The molecule has 27 heavy (non-hydrogen) atoms. The summed E-state index contributed by atoms with van der Waals surface area (Å²) < 4.78 is 15.1. The quantitative estimate of drug-likeness (QED) is 0.588. The van der Waals surface area contributed by atoms with Crippen LogP contribution in [0.5, 0.6) is 0 Å². The van der Waals surface area contributed by atoms with Gasteiger partial charge < -0.3 is 9.88 Å². The second-order valence-corrected chi connectivity index (χ2v) is 8.33. The fourth-order valence-electron chi connectivity index (χ4n) is 2.63. The Kier molecular flexibility index (Phi) is 6.28. The van der Waals surface area contributed by atoms with Crippen LogP contribution in [0.2, 0.25) is 0 Å². The Morgan fingerprint density at radius 1 is 1.26 bits per heavy atom. The second-order valence-electron chi connectivity index (χ2n) is 6.07. The van der Waals surface area contributed by atoms with Gasteiger partial charge in [0.25, 0.3) is 0 Å². The van der Waals surface area contributed by atoms with Crippen LogP contribution in [0.15, 0.2) is 46.9 Å². The van der Waals surface area contributed by atoms with Gasteiger partial charge in [0.2, 0.25) is 5.91 Å². The minimum Gasteiger partial charge on any atom is -0.349 e. The van der Waals surface area contributed by atoms with E-state index in [2.05, 4.69) is 15.5 Å². The Hall–Kier alpha value is -2.19. The van der Waals surface area contributed by atoms with Crippen LogP contribution in [0.4, 0.5) is 4.39 Å². The predicted octanol–water partition coefficient (Wildman–Crippen LogP) is 4.52. The average Bonchev–Trinajstić information content (AvgIpc) is 3.31. The minimum absolute atomic E-state index is 0.0971. The number of carbonyl (C=O) groups excluding carboxylic acids is 1. The molecule has 3 rings (SSSR count). The van der Waals surface area contributed by atoms with Crippen molar-refractivity contribution in [3.63, 3.8) is 0 Å². The first-order valence-electron chi connectivity index (χ1n) is 8.69. The normalized spacial score (nSPS) is 13.3. The highest BCUT2D eigenvalue weighted by molar-refractivity contribution is 8.00. The molecule has 0 bridgehead atoms. The lowest BCUT2D eigenvalue weighted by Crippen LogP contribution is -2.33. The molecule has 2 aromatic heterocycles. The molecule has 5 nitrogen and oxygen atoms in total. The van der Waals surface area contributed by atoms with Crippen LogP contribution in [-0.4, -0.2) is 25.9 Å². The van der Waals surface area contributed by atoms with E-state index in [1.54, 1.807) is 23.5 Å². The number of rotatable bonds is 7. The van der Waals surface area contributed by atoms with Gasteiger partial charge in [-0.1, -0.05) is 30.0 Å². The number of aromatic nitrogens is 3. The number of hydrogen-bond donors (Lipinski definition) is 1. The first-order chi connectivity index (χ1) is 13.0. The summed E-state index contributed by atoms with van der Waals surface area (Å²) in [5.74, 6) is 0.434. The van der Waals surface area contributed by atoms with E-state index < -0.39 is 0 Å². The number of amides is 1. The maximum Gasteiger partial charge on any atom is 0.233 e. The summed E-state index contributed by atoms with van der Waals surface area (Å²) in [6.45, 7) is 6.48. The lowest BCUT2D eigenvalue weighted by molar-refractivity contribution is -0.120. The van der Waals surface area contributed by atoms with Gasteiger partial charge in [-0.2, -0.15) is 0 Å². The molecule has 0 saturated carbocycles. The molecule has 1 amide bonds. The number of hydrogen-bond acceptors (Lipinski definition) is 5. The Labute approximate surface area is 166 Å². The van der Waals surface area contributed by atoms with Crippen molar-refractivity contribution in [2.24, 2.45) is 0 Å². The van der Waals surface area contributed by atoms with Crippen molar-refractivity contribution in [1.29, 1.82) is 0 Å². The van der Waals surface area contributed by atoms with E-state index in [9.17, 15) is 9.18 Å². The summed E-state index contributed by atoms with van der Waals surface area (Å²) in [5.41, 5.74) is 0.860. The maximum atomic E-state index is 13.1. The average molecular weight is 405 g/mol. The fourth-order valence-corrected chi connectivity index (χ4v) is 4.27. The smallest absolute Gasteiger partial charge is 0.233 e. The Balaban J connectivity index is 1.67. The molecule has 142 valence electrons. The van der Waals surface area contributed by atoms with Crippen LogP contribution < -0.4 is 5.32 Å². The van der Waals surface area contributed by atoms with Crippen molar-refractivity contribution in [2.75, 3.05) is 0 Å². The monoisotopic (exact) mass is 404 g/mol. The highest BCUT2D eigenvalue weighted by Gasteiger charge is 2.22. The maximum absolute atomic E-state index is 13.1. The molecule has 1 N–H and O–H groups in total. The highest BCUT2D eigenvalue weighted by Crippen LogP contribution is 2.29. The Morgan fingerprint density at radius 2 is 2.00 bits per heavy atom. The number of carbonyl (C=O) groups is 1. The number of nitrogens with zero attached hydrogens (tertiary/aromatic N) is 3. The van der Waals surface area contributed by atoms with E-state index in [-0.39, 0.29) is 23.0 Å². The fraction of sp³-hybridized carbons (Fsp3) is 0.316. The molecular weight excluding hydrogens is 383 g/mol. The van der Waals surface area contributed by atoms with Gasteiger partial charge in [0, 0.05) is 6.54 Å². The molecule has 0 saturated heterocycles. The molecule has 1 aromatic carbocycles. The molecular formula is C19H21FN4OS2. The largest absolute Gasteiger partial charge is 0.349 e. The van der Waals surface area contributed by atoms with Crippen molar-refractivity contribution in [2.45, 2.75) is 43.8 Å². The number of benzene rings is 1. The van der Waals surface area contributed by atoms with Gasteiger partial charge in [-0.05, 0) is 49.9 Å². The van der Waals surface area contributed by atoms with Gasteiger partial charge in [0.05, 0.1) is 16.2 Å². The van der Waals surface area contributed by atoms with Gasteiger partial charge >= 0.3 is 0 Å². The molecule has 0 aliphatic heterocycles. The molecule has 0 unspecified atom stereocenters. The van der Waals surface area contributed by atoms with Crippen molar-refractivity contribution in [3.8, 4) is 10.7 Å². The third-order valence-electron chi connectivity index (χ3n) is 4.15. The van der Waals surface area contributed by atoms with E-state index in [0.717, 1.165) is 28.0 Å². The van der Waals surface area contributed by atoms with Gasteiger partial charge in [-0.25, -0.2) is 4.39 Å². The lowest BCUT2D eigenvalue weighted by Gasteiger charge is -2.17. The first kappa shape index (κ1) is 19.6. The number of nitrogens with one attached hydrogen (secondary N) is 1. The lowest BCUT2D eigenvalue weighted by atomic mass is 10.1. The Morgan fingerprint density at radius 3 is 2.63 bits per heavy atom. The van der Waals surface area contributed by atoms with E-state index in [1.807, 2.05) is 42.9 Å². The van der Waals surface area contributed by atoms with Gasteiger partial charge in [0.15, 0.2) is 11.0 Å². The van der Waals surface area contributed by atoms with E-state index in [1.165, 1.54) is 23.9 Å². The van der Waals surface area contributed by atoms with Crippen molar-refractivity contribution < 1.29 is 9.18 Å².